The van der Waals surface area contributed by atoms with E-state index >= 15 is 0 Å². The molecule has 3 rings (SSSR count). The third-order valence-corrected chi connectivity index (χ3v) is 6.63. The van der Waals surface area contributed by atoms with Gasteiger partial charge in [-0.3, -0.25) is 14.4 Å². The molecule has 5 N–H and O–H groups in total. The van der Waals surface area contributed by atoms with Crippen LogP contribution in [0.4, 0.5) is 5.69 Å². The second kappa shape index (κ2) is 10.2. The number of nitrogens with one attached hydrogen (secondary N) is 1. The van der Waals surface area contributed by atoms with Crippen LogP contribution in [0, 0.1) is 0 Å². The highest BCUT2D eigenvalue weighted by Crippen LogP contribution is 2.27. The van der Waals surface area contributed by atoms with Gasteiger partial charge in [0.1, 0.15) is 10.9 Å². The van der Waals surface area contributed by atoms with Gasteiger partial charge in [0, 0.05) is 19.2 Å². The summed E-state index contributed by atoms with van der Waals surface area (Å²) in [6, 6.07) is -0.475. The Balaban J connectivity index is 1.87. The fourth-order valence-electron chi connectivity index (χ4n) is 4.19. The predicted molar refractivity (Wildman–Crippen MR) is 114 cm³/mol. The van der Waals surface area contributed by atoms with Crippen LogP contribution in [0.5, 0.6) is 0 Å². The average molecular weight is 438 g/mol. The summed E-state index contributed by atoms with van der Waals surface area (Å²) in [5.41, 5.74) is 11.2. The molecule has 2 aliphatic rings. The molecule has 1 aliphatic heterocycles. The predicted octanol–water partition coefficient (Wildman–Crippen LogP) is 1.67. The number of amides is 3. The Morgan fingerprint density at radius 2 is 2.00 bits per heavy atom. The number of rotatable bonds is 9. The number of carbonyl (C=O) groups excluding carboxylic acids is 3. The van der Waals surface area contributed by atoms with Crippen LogP contribution >= 0.6 is 11.5 Å². The zero-order valence-electron chi connectivity index (χ0n) is 17.4. The molecule has 1 aromatic heterocycles. The molecule has 30 heavy (non-hydrogen) atoms. The summed E-state index contributed by atoms with van der Waals surface area (Å²) in [7, 11) is 0. The maximum absolute atomic E-state index is 13.5. The van der Waals surface area contributed by atoms with Crippen molar-refractivity contribution < 1.29 is 19.1 Å². The Bertz CT molecular complexity index is 771. The number of nitrogen functional groups attached to an aromatic ring is 1. The quantitative estimate of drug-likeness (QED) is 0.537. The van der Waals surface area contributed by atoms with Gasteiger partial charge in [0.05, 0.1) is 11.8 Å². The van der Waals surface area contributed by atoms with Crippen molar-refractivity contribution in [3.63, 3.8) is 0 Å². The van der Waals surface area contributed by atoms with Crippen LogP contribution in [0.1, 0.15) is 78.5 Å². The second-order valence-corrected chi connectivity index (χ2v) is 8.80. The molecule has 10 heteroatoms. The minimum absolute atomic E-state index is 0.0266. The minimum atomic E-state index is -0.780. The van der Waals surface area contributed by atoms with Crippen molar-refractivity contribution >= 4 is 34.9 Å². The lowest BCUT2D eigenvalue weighted by Crippen LogP contribution is -2.53. The first-order valence-corrected chi connectivity index (χ1v) is 11.5. The Morgan fingerprint density at radius 1 is 1.27 bits per heavy atom. The topological polar surface area (TPSA) is 141 Å². The van der Waals surface area contributed by atoms with Gasteiger partial charge in [0.2, 0.25) is 5.91 Å². The van der Waals surface area contributed by atoms with Gasteiger partial charge < -0.3 is 26.4 Å². The summed E-state index contributed by atoms with van der Waals surface area (Å²) in [5.74, 6) is -1.33. The van der Waals surface area contributed by atoms with Crippen molar-refractivity contribution in [1.82, 2.24) is 14.6 Å². The summed E-state index contributed by atoms with van der Waals surface area (Å²) in [4.78, 5) is 39.9. The van der Waals surface area contributed by atoms with E-state index in [-0.39, 0.29) is 34.3 Å². The SMILES string of the molecule is CCC[C@@H](C(=O)NC1CCCC1)N(C[C@H]1CCCO1)C(=O)c1snc(C(N)=O)c1N. The van der Waals surface area contributed by atoms with Crippen molar-refractivity contribution in [2.24, 2.45) is 5.73 Å². The number of hydrogen-bond donors (Lipinski definition) is 3. The molecule has 2 atom stereocenters. The van der Waals surface area contributed by atoms with E-state index in [0.29, 0.717) is 19.6 Å². The lowest BCUT2D eigenvalue weighted by atomic mass is 10.1. The molecule has 3 amide bonds. The van der Waals surface area contributed by atoms with Crippen molar-refractivity contribution in [1.29, 1.82) is 0 Å². The molecule has 0 radical (unpaired) electrons. The van der Waals surface area contributed by atoms with Crippen LogP contribution < -0.4 is 16.8 Å². The zero-order chi connectivity index (χ0) is 21.7. The summed E-state index contributed by atoms with van der Waals surface area (Å²) < 4.78 is 9.69. The number of primary amides is 1. The summed E-state index contributed by atoms with van der Waals surface area (Å²) in [5, 5.41) is 3.12. The fourth-order valence-corrected chi connectivity index (χ4v) is 4.95. The monoisotopic (exact) mass is 437 g/mol. The van der Waals surface area contributed by atoms with Gasteiger partial charge in [-0.2, -0.15) is 4.37 Å². The molecule has 1 saturated carbocycles. The molecule has 2 fully saturated rings. The first-order chi connectivity index (χ1) is 14.4. The van der Waals surface area contributed by atoms with Crippen molar-refractivity contribution in [2.75, 3.05) is 18.9 Å². The lowest BCUT2D eigenvalue weighted by molar-refractivity contribution is -0.127. The molecule has 1 aliphatic carbocycles. The van der Waals surface area contributed by atoms with E-state index in [9.17, 15) is 14.4 Å². The lowest BCUT2D eigenvalue weighted by Gasteiger charge is -2.33. The third kappa shape index (κ3) is 5.10. The minimum Gasteiger partial charge on any atom is -0.395 e. The van der Waals surface area contributed by atoms with Gasteiger partial charge in [-0.1, -0.05) is 26.2 Å². The van der Waals surface area contributed by atoms with Crippen LogP contribution in [0.15, 0.2) is 0 Å². The number of aromatic nitrogens is 1. The highest BCUT2D eigenvalue weighted by molar-refractivity contribution is 7.09. The van der Waals surface area contributed by atoms with Gasteiger partial charge in [0.15, 0.2) is 5.69 Å². The van der Waals surface area contributed by atoms with E-state index in [4.69, 9.17) is 16.2 Å². The van der Waals surface area contributed by atoms with E-state index in [1.54, 1.807) is 4.90 Å². The molecule has 0 aromatic carbocycles. The largest absolute Gasteiger partial charge is 0.395 e. The Kier molecular flexibility index (Phi) is 7.65. The van der Waals surface area contributed by atoms with Gasteiger partial charge >= 0.3 is 0 Å². The van der Waals surface area contributed by atoms with Gasteiger partial charge in [-0.25, -0.2) is 0 Å². The Hall–Kier alpha value is -2.20. The number of nitrogens with zero attached hydrogens (tertiary/aromatic N) is 2. The van der Waals surface area contributed by atoms with Gasteiger partial charge in [-0.15, -0.1) is 0 Å². The van der Waals surface area contributed by atoms with E-state index < -0.39 is 17.9 Å². The van der Waals surface area contributed by atoms with Gasteiger partial charge in [-0.05, 0) is 43.6 Å². The van der Waals surface area contributed by atoms with E-state index in [0.717, 1.165) is 56.5 Å². The number of hydrogen-bond acceptors (Lipinski definition) is 7. The second-order valence-electron chi connectivity index (χ2n) is 8.03. The molecule has 0 bridgehead atoms. The first-order valence-electron chi connectivity index (χ1n) is 10.7. The highest BCUT2D eigenvalue weighted by atomic mass is 32.1. The van der Waals surface area contributed by atoms with Crippen LogP contribution in [-0.2, 0) is 9.53 Å². The van der Waals surface area contributed by atoms with Crippen LogP contribution in [0.2, 0.25) is 0 Å². The maximum atomic E-state index is 13.5. The molecule has 1 saturated heterocycles. The summed E-state index contributed by atoms with van der Waals surface area (Å²) >= 11 is 0.839. The molecule has 9 nitrogen and oxygen atoms in total. The average Bonchev–Trinajstić information content (AvgIpc) is 3.46. The third-order valence-electron chi connectivity index (χ3n) is 5.78. The summed E-state index contributed by atoms with van der Waals surface area (Å²) in [6.07, 6.45) is 7.04. The van der Waals surface area contributed by atoms with Crippen molar-refractivity contribution in [3.8, 4) is 0 Å². The fraction of sp³-hybridized carbons (Fsp3) is 0.700. The molecule has 0 spiro atoms. The Labute approximate surface area is 180 Å². The molecule has 1 aromatic rings. The van der Waals surface area contributed by atoms with Crippen molar-refractivity contribution in [2.45, 2.75) is 76.5 Å². The number of anilines is 1. The highest BCUT2D eigenvalue weighted by Gasteiger charge is 2.36. The van der Waals surface area contributed by atoms with Crippen LogP contribution in [0.3, 0.4) is 0 Å². The summed E-state index contributed by atoms with van der Waals surface area (Å²) in [6.45, 7) is 2.93. The van der Waals surface area contributed by atoms with Crippen LogP contribution in [0.25, 0.3) is 0 Å². The standard InChI is InChI=1S/C20H31N5O4S/c1-2-6-14(19(27)23-12-7-3-4-8-12)25(11-13-9-5-10-29-13)20(28)17-15(21)16(18(22)26)24-30-17/h12-14H,2-11,21H2,1H3,(H2,22,26)(H,23,27)/t13-,14+/m1/s1. The Morgan fingerprint density at radius 3 is 2.57 bits per heavy atom. The van der Waals surface area contributed by atoms with Crippen LogP contribution in [-0.4, -0.2) is 58.3 Å². The molecule has 166 valence electrons. The number of nitrogens with two attached hydrogens (primary N) is 2. The maximum Gasteiger partial charge on any atom is 0.270 e. The molecule has 0 unspecified atom stereocenters. The van der Waals surface area contributed by atoms with Gasteiger partial charge in [0.25, 0.3) is 11.8 Å². The first kappa shape index (κ1) is 22.5. The normalized spacial score (nSPS) is 20.2. The molecule has 2 heterocycles. The molecular formula is C20H31N5O4S. The van der Waals surface area contributed by atoms with E-state index in [2.05, 4.69) is 9.69 Å². The number of ether oxygens (including phenoxy) is 1. The van der Waals surface area contributed by atoms with E-state index in [1.165, 1.54) is 0 Å². The van der Waals surface area contributed by atoms with Crippen molar-refractivity contribution in [3.05, 3.63) is 10.6 Å². The van der Waals surface area contributed by atoms with E-state index in [1.807, 2.05) is 6.92 Å². The zero-order valence-corrected chi connectivity index (χ0v) is 18.2. The smallest absolute Gasteiger partial charge is 0.270 e. The number of carbonyl (C=O) groups is 3. The molecular weight excluding hydrogens is 406 g/mol.